The van der Waals surface area contributed by atoms with Gasteiger partial charge in [0.05, 0.1) is 16.4 Å². The quantitative estimate of drug-likeness (QED) is 0.628. The minimum atomic E-state index is 0.186. The normalized spacial score (nSPS) is 22.1. The Labute approximate surface area is 130 Å². The molecule has 3 N–H and O–H groups in total. The fourth-order valence-electron chi connectivity index (χ4n) is 2.68. The van der Waals surface area contributed by atoms with Crippen molar-refractivity contribution in [1.29, 1.82) is 0 Å². The summed E-state index contributed by atoms with van der Waals surface area (Å²) in [7, 11) is 4.12. The van der Waals surface area contributed by atoms with Crippen LogP contribution in [0.4, 0.5) is 0 Å². The lowest BCUT2D eigenvalue weighted by atomic mass is 10.0. The van der Waals surface area contributed by atoms with E-state index in [9.17, 15) is 0 Å². The summed E-state index contributed by atoms with van der Waals surface area (Å²) in [5.74, 6) is 8.08. The van der Waals surface area contributed by atoms with E-state index < -0.39 is 0 Å². The summed E-state index contributed by atoms with van der Waals surface area (Å²) in [6, 6.07) is 0.611. The lowest BCUT2D eigenvalue weighted by Gasteiger charge is -2.37. The predicted octanol–water partition coefficient (Wildman–Crippen LogP) is 1.06. The molecule has 1 aliphatic heterocycles. The number of halogens is 1. The van der Waals surface area contributed by atoms with Gasteiger partial charge in [0.1, 0.15) is 0 Å². The van der Waals surface area contributed by atoms with E-state index in [1.165, 1.54) is 5.75 Å². The van der Waals surface area contributed by atoms with E-state index in [1.807, 2.05) is 23.5 Å². The molecule has 0 radical (unpaired) electrons. The lowest BCUT2D eigenvalue weighted by Crippen LogP contribution is -2.55. The smallest absolute Gasteiger partial charge is 0.0850 e. The van der Waals surface area contributed by atoms with Crippen molar-refractivity contribution in [2.75, 3.05) is 25.1 Å². The van der Waals surface area contributed by atoms with E-state index in [4.69, 9.17) is 17.4 Å². The Morgan fingerprint density at radius 2 is 2.30 bits per heavy atom. The average Bonchev–Trinajstić information content (AvgIpc) is 2.72. The number of nitrogens with two attached hydrogens (primary N) is 1. The SMILES string of the molecule is CCc1nn(C)c(CC(NN)C2CSCCN2C)c1Cl. The van der Waals surface area contributed by atoms with Gasteiger partial charge in [0.25, 0.3) is 0 Å². The number of hydrazine groups is 1. The molecule has 1 fully saturated rings. The molecular formula is C13H24ClN5S. The highest BCUT2D eigenvalue weighted by Gasteiger charge is 2.29. The van der Waals surface area contributed by atoms with Crippen molar-refractivity contribution in [3.05, 3.63) is 16.4 Å². The zero-order chi connectivity index (χ0) is 14.7. The van der Waals surface area contributed by atoms with Gasteiger partial charge in [0.2, 0.25) is 0 Å². The van der Waals surface area contributed by atoms with Crippen molar-refractivity contribution < 1.29 is 0 Å². The number of hydrogen-bond donors (Lipinski definition) is 2. The Hall–Kier alpha value is -0.270. The van der Waals surface area contributed by atoms with Gasteiger partial charge >= 0.3 is 0 Å². The van der Waals surface area contributed by atoms with Crippen LogP contribution in [0.15, 0.2) is 0 Å². The first-order valence-corrected chi connectivity index (χ1v) is 8.56. The molecule has 0 amide bonds. The van der Waals surface area contributed by atoms with Crippen molar-refractivity contribution in [1.82, 2.24) is 20.1 Å². The Kier molecular flexibility index (Phi) is 5.74. The molecule has 1 saturated heterocycles. The highest BCUT2D eigenvalue weighted by molar-refractivity contribution is 7.99. The van der Waals surface area contributed by atoms with Crippen molar-refractivity contribution in [3.63, 3.8) is 0 Å². The van der Waals surface area contributed by atoms with Crippen LogP contribution in [0.5, 0.6) is 0 Å². The van der Waals surface area contributed by atoms with E-state index in [1.54, 1.807) is 0 Å². The van der Waals surface area contributed by atoms with Crippen LogP contribution in [0.3, 0.4) is 0 Å². The molecule has 20 heavy (non-hydrogen) atoms. The lowest BCUT2D eigenvalue weighted by molar-refractivity contribution is 0.213. The van der Waals surface area contributed by atoms with E-state index in [2.05, 4.69) is 29.4 Å². The van der Waals surface area contributed by atoms with Gasteiger partial charge in [-0.25, -0.2) is 0 Å². The molecule has 5 nitrogen and oxygen atoms in total. The van der Waals surface area contributed by atoms with Gasteiger partial charge in [0, 0.05) is 43.6 Å². The van der Waals surface area contributed by atoms with Gasteiger partial charge < -0.3 is 4.90 Å². The van der Waals surface area contributed by atoms with Gasteiger partial charge in [-0.1, -0.05) is 18.5 Å². The second-order valence-electron chi connectivity index (χ2n) is 5.28. The molecule has 0 bridgehead atoms. The molecule has 0 aromatic carbocycles. The molecule has 114 valence electrons. The number of nitrogens with one attached hydrogen (secondary N) is 1. The molecule has 0 aliphatic carbocycles. The van der Waals surface area contributed by atoms with Crippen LogP contribution in [-0.2, 0) is 19.9 Å². The van der Waals surface area contributed by atoms with Crippen LogP contribution < -0.4 is 11.3 Å². The van der Waals surface area contributed by atoms with Crippen LogP contribution in [0.25, 0.3) is 0 Å². The first-order chi connectivity index (χ1) is 9.58. The highest BCUT2D eigenvalue weighted by atomic mass is 35.5. The van der Waals surface area contributed by atoms with Gasteiger partial charge in [-0.2, -0.15) is 16.9 Å². The summed E-state index contributed by atoms with van der Waals surface area (Å²) in [5, 5.41) is 5.27. The Bertz CT molecular complexity index is 450. The third-order valence-corrected chi connectivity index (χ3v) is 5.52. The van der Waals surface area contributed by atoms with E-state index in [-0.39, 0.29) is 6.04 Å². The minimum Gasteiger partial charge on any atom is -0.300 e. The fourth-order valence-corrected chi connectivity index (χ4v) is 4.37. The first-order valence-electron chi connectivity index (χ1n) is 7.02. The molecule has 2 atom stereocenters. The average molecular weight is 318 g/mol. The molecule has 7 heteroatoms. The summed E-state index contributed by atoms with van der Waals surface area (Å²) < 4.78 is 1.89. The fraction of sp³-hybridized carbons (Fsp3) is 0.769. The largest absolute Gasteiger partial charge is 0.300 e. The van der Waals surface area contributed by atoms with E-state index in [0.717, 1.165) is 41.5 Å². The van der Waals surface area contributed by atoms with Crippen LogP contribution >= 0.6 is 23.4 Å². The van der Waals surface area contributed by atoms with Crippen LogP contribution in [0.1, 0.15) is 18.3 Å². The highest BCUT2D eigenvalue weighted by Crippen LogP contribution is 2.25. The third kappa shape index (κ3) is 3.31. The summed E-state index contributed by atoms with van der Waals surface area (Å²) in [6.45, 7) is 3.18. The van der Waals surface area contributed by atoms with Crippen molar-refractivity contribution >= 4 is 23.4 Å². The molecule has 1 aliphatic rings. The maximum Gasteiger partial charge on any atom is 0.0850 e. The van der Waals surface area contributed by atoms with Gasteiger partial charge in [-0.05, 0) is 13.5 Å². The van der Waals surface area contributed by atoms with Crippen LogP contribution in [0.2, 0.25) is 5.02 Å². The molecule has 2 unspecified atom stereocenters. The second-order valence-corrected chi connectivity index (χ2v) is 6.81. The number of thioether (sulfide) groups is 1. The number of aryl methyl sites for hydroxylation is 2. The molecule has 2 heterocycles. The standard InChI is InChI=1S/C13H24ClN5S/c1-4-9-13(14)11(19(3)17-9)7-10(16-15)12-8-20-6-5-18(12)2/h10,12,16H,4-8,15H2,1-3H3. The van der Waals surface area contributed by atoms with E-state index in [0.29, 0.717) is 6.04 Å². The topological polar surface area (TPSA) is 59.1 Å². The molecule has 2 rings (SSSR count). The second kappa shape index (κ2) is 7.13. The van der Waals surface area contributed by atoms with E-state index >= 15 is 0 Å². The number of nitrogens with zero attached hydrogens (tertiary/aromatic N) is 3. The minimum absolute atomic E-state index is 0.186. The number of aromatic nitrogens is 2. The summed E-state index contributed by atoms with van der Waals surface area (Å²) in [5.41, 5.74) is 5.01. The molecule has 0 spiro atoms. The number of rotatable bonds is 5. The maximum atomic E-state index is 6.44. The predicted molar refractivity (Wildman–Crippen MR) is 86.2 cm³/mol. The zero-order valence-corrected chi connectivity index (χ0v) is 14.0. The van der Waals surface area contributed by atoms with Crippen molar-refractivity contribution in [3.8, 4) is 0 Å². The molecule has 0 saturated carbocycles. The first kappa shape index (κ1) is 16.1. The summed E-state index contributed by atoms with van der Waals surface area (Å²) in [4.78, 5) is 2.38. The summed E-state index contributed by atoms with van der Waals surface area (Å²) in [6.07, 6.45) is 1.65. The number of likely N-dealkylation sites (N-methyl/N-ethyl adjacent to an activating group) is 1. The van der Waals surface area contributed by atoms with Crippen molar-refractivity contribution in [2.45, 2.75) is 31.8 Å². The Morgan fingerprint density at radius 1 is 1.55 bits per heavy atom. The monoisotopic (exact) mass is 317 g/mol. The van der Waals surface area contributed by atoms with Crippen LogP contribution in [0, 0.1) is 0 Å². The zero-order valence-electron chi connectivity index (χ0n) is 12.4. The molecule has 1 aromatic rings. The van der Waals surface area contributed by atoms with Crippen molar-refractivity contribution in [2.24, 2.45) is 12.9 Å². The summed E-state index contributed by atoms with van der Waals surface area (Å²) >= 11 is 8.42. The Balaban J connectivity index is 2.15. The third-order valence-electron chi connectivity index (χ3n) is 4.04. The van der Waals surface area contributed by atoms with Gasteiger partial charge in [0.15, 0.2) is 0 Å². The Morgan fingerprint density at radius 3 is 2.85 bits per heavy atom. The molecular weight excluding hydrogens is 294 g/mol. The van der Waals surface area contributed by atoms with Crippen LogP contribution in [-0.4, -0.2) is 51.9 Å². The molecule has 1 aromatic heterocycles. The number of hydrogen-bond acceptors (Lipinski definition) is 5. The maximum absolute atomic E-state index is 6.44. The van der Waals surface area contributed by atoms with Gasteiger partial charge in [-0.15, -0.1) is 0 Å². The van der Waals surface area contributed by atoms with Gasteiger partial charge in [-0.3, -0.25) is 16.0 Å².